The van der Waals surface area contributed by atoms with E-state index in [2.05, 4.69) is 0 Å². The van der Waals surface area contributed by atoms with Crippen molar-refractivity contribution < 1.29 is 67.2 Å². The average molecular weight is 345 g/mol. The molecule has 0 bridgehead atoms. The van der Waals surface area contributed by atoms with E-state index in [9.17, 15) is 0 Å². The van der Waals surface area contributed by atoms with Crippen molar-refractivity contribution in [1.29, 1.82) is 0 Å². The summed E-state index contributed by atoms with van der Waals surface area (Å²) >= 11 is 4.95. The van der Waals surface area contributed by atoms with E-state index in [0.29, 0.717) is 5.32 Å². The molecule has 79 valence electrons. The Kier molecular flexibility index (Phi) is 18.6. The summed E-state index contributed by atoms with van der Waals surface area (Å²) in [6.45, 7) is 0. The Morgan fingerprint density at radius 1 is 0.909 bits per heavy atom. The van der Waals surface area contributed by atoms with Crippen LogP contribution in [0.25, 0.3) is 0 Å². The molecule has 11 heavy (non-hydrogen) atoms. The number of hydrogen-bond acceptors (Lipinski definition) is 0. The molecule has 0 spiro atoms. The molecule has 1 rings (SSSR count). The van der Waals surface area contributed by atoms with Gasteiger partial charge in [-0.3, -0.25) is 0 Å². The van der Waals surface area contributed by atoms with Gasteiger partial charge in [0.2, 0.25) is 0 Å². The monoisotopic (exact) mass is 343 g/mol. The summed E-state index contributed by atoms with van der Waals surface area (Å²) in [6.07, 6.45) is 0. The molecule has 3 radical (unpaired) electrons. The fourth-order valence-corrected chi connectivity index (χ4v) is 0.771. The first-order chi connectivity index (χ1) is 3.93. The fourth-order valence-electron chi connectivity index (χ4n) is 0.549. The summed E-state index contributed by atoms with van der Waals surface area (Å²) in [6, 6.07) is 10.0. The molecule has 0 aliphatic heterocycles. The number of rotatable bonds is 1. The first kappa shape index (κ1) is 18.2. The molecule has 0 aromatic heterocycles. The summed E-state index contributed by atoms with van der Waals surface area (Å²) in [7, 11) is 0. The SMILES string of the molecule is [Cu].[Cu].[Cu].[Cu][CH2]c1ccccc1. The molecule has 0 aliphatic carbocycles. The second kappa shape index (κ2) is 11.3. The summed E-state index contributed by atoms with van der Waals surface area (Å²) in [4.78, 5) is 0. The van der Waals surface area contributed by atoms with Crippen molar-refractivity contribution in [3.8, 4) is 0 Å². The van der Waals surface area contributed by atoms with E-state index >= 15 is 0 Å². The molecule has 1 aromatic carbocycles. The van der Waals surface area contributed by atoms with Gasteiger partial charge >= 0.3 is 57.2 Å². The van der Waals surface area contributed by atoms with Crippen LogP contribution in [0.1, 0.15) is 5.56 Å². The van der Waals surface area contributed by atoms with Crippen LogP contribution in [0.3, 0.4) is 0 Å². The van der Waals surface area contributed by atoms with E-state index in [-0.39, 0.29) is 51.2 Å². The fraction of sp³-hybridized carbons (Fsp3) is 0.143. The van der Waals surface area contributed by atoms with Gasteiger partial charge < -0.3 is 0 Å². The molecule has 0 atom stereocenters. The minimum absolute atomic E-state index is 0. The summed E-state index contributed by atoms with van der Waals surface area (Å²) in [5.41, 5.74) is 1.22. The number of benzene rings is 1. The van der Waals surface area contributed by atoms with Crippen molar-refractivity contribution >= 4 is 0 Å². The van der Waals surface area contributed by atoms with Crippen molar-refractivity contribution in [3.63, 3.8) is 0 Å². The molecule has 0 heterocycles. The standard InChI is InChI=1S/C7H7.4Cu/c1-7-5-3-2-4-6-7;;;;/h2-6H,1H2;;;;. The van der Waals surface area contributed by atoms with E-state index in [1.807, 2.05) is 30.3 Å². The second-order valence-electron chi connectivity index (χ2n) is 1.59. The maximum absolute atomic E-state index is 4.95. The van der Waals surface area contributed by atoms with E-state index in [1.54, 1.807) is 0 Å². The van der Waals surface area contributed by atoms with Gasteiger partial charge in [-0.1, -0.05) is 0 Å². The van der Waals surface area contributed by atoms with Gasteiger partial charge in [0.1, 0.15) is 0 Å². The Morgan fingerprint density at radius 2 is 1.36 bits per heavy atom. The molecule has 0 amide bonds. The molecule has 0 saturated heterocycles. The molecule has 0 N–H and O–H groups in total. The van der Waals surface area contributed by atoms with Crippen molar-refractivity contribution in [2.45, 2.75) is 5.32 Å². The number of hydrogen-bond donors (Lipinski definition) is 0. The Balaban J connectivity index is -0.000000213. The van der Waals surface area contributed by atoms with Crippen LogP contribution in [0.15, 0.2) is 30.3 Å². The zero-order valence-corrected chi connectivity index (χ0v) is 9.07. The van der Waals surface area contributed by atoms with Gasteiger partial charge in [0.05, 0.1) is 0 Å². The summed E-state index contributed by atoms with van der Waals surface area (Å²) in [5.74, 6) is 0. The average Bonchev–Trinajstić information content (AvgIpc) is 1.90. The predicted molar refractivity (Wildman–Crippen MR) is 30.1 cm³/mol. The quantitative estimate of drug-likeness (QED) is 0.680. The van der Waals surface area contributed by atoms with Crippen LogP contribution in [0.4, 0.5) is 0 Å². The maximum atomic E-state index is 4.95. The molecular weight excluding hydrogens is 338 g/mol. The van der Waals surface area contributed by atoms with E-state index < -0.39 is 0 Å². The normalized spacial score (nSPS) is 6.73. The first-order valence-electron chi connectivity index (χ1n) is 2.48. The van der Waals surface area contributed by atoms with Crippen LogP contribution in [-0.4, -0.2) is 0 Å². The second-order valence-corrected chi connectivity index (χ2v) is 1.93. The Hall–Kier alpha value is 1.30. The molecule has 0 nitrogen and oxygen atoms in total. The molecule has 4 heteroatoms. The van der Waals surface area contributed by atoms with Crippen LogP contribution in [-0.2, 0) is 72.5 Å². The van der Waals surface area contributed by atoms with Crippen LogP contribution in [0.2, 0.25) is 0 Å². The van der Waals surface area contributed by atoms with Crippen LogP contribution < -0.4 is 0 Å². The third-order valence-corrected chi connectivity index (χ3v) is 1.35. The molecule has 0 saturated carbocycles. The molecule has 0 unspecified atom stereocenters. The van der Waals surface area contributed by atoms with Gasteiger partial charge in [0.25, 0.3) is 0 Å². The van der Waals surface area contributed by atoms with Gasteiger partial charge in [0.15, 0.2) is 0 Å². The summed E-state index contributed by atoms with van der Waals surface area (Å²) < 4.78 is 0. The van der Waals surface area contributed by atoms with Gasteiger partial charge in [-0.15, -0.1) is 0 Å². The van der Waals surface area contributed by atoms with Gasteiger partial charge in [-0.25, -0.2) is 0 Å². The Morgan fingerprint density at radius 3 is 1.64 bits per heavy atom. The molecule has 0 aliphatic rings. The third kappa shape index (κ3) is 7.65. The van der Waals surface area contributed by atoms with Crippen LogP contribution in [0.5, 0.6) is 0 Å². The van der Waals surface area contributed by atoms with Gasteiger partial charge in [-0.2, -0.15) is 0 Å². The van der Waals surface area contributed by atoms with E-state index in [4.69, 9.17) is 16.0 Å². The van der Waals surface area contributed by atoms with Crippen molar-refractivity contribution in [3.05, 3.63) is 35.9 Å². The third-order valence-electron chi connectivity index (χ3n) is 0.966. The summed E-state index contributed by atoms with van der Waals surface area (Å²) in [5, 5.41) is 0.702. The van der Waals surface area contributed by atoms with Crippen LogP contribution >= 0.6 is 0 Å². The zero-order valence-electron chi connectivity index (χ0n) is 5.30. The van der Waals surface area contributed by atoms with E-state index in [1.165, 1.54) is 5.56 Å². The van der Waals surface area contributed by atoms with Crippen molar-refractivity contribution in [2.24, 2.45) is 0 Å². The topological polar surface area (TPSA) is 0 Å². The van der Waals surface area contributed by atoms with Crippen molar-refractivity contribution in [2.75, 3.05) is 0 Å². The first-order valence-corrected chi connectivity index (χ1v) is 3.14. The zero-order chi connectivity index (χ0) is 5.82. The van der Waals surface area contributed by atoms with Gasteiger partial charge in [0, 0.05) is 51.2 Å². The van der Waals surface area contributed by atoms with E-state index in [0.717, 1.165) is 0 Å². The Bertz CT molecular complexity index is 152. The minimum atomic E-state index is 0. The predicted octanol–water partition coefficient (Wildman–Crippen LogP) is 1.73. The molecular formula is C7H7Cu4. The molecule has 1 aromatic rings. The van der Waals surface area contributed by atoms with Gasteiger partial charge in [-0.05, 0) is 0 Å². The van der Waals surface area contributed by atoms with Crippen molar-refractivity contribution in [1.82, 2.24) is 0 Å². The van der Waals surface area contributed by atoms with Crippen LogP contribution in [0, 0.1) is 0 Å². The molecule has 0 fully saturated rings. The Labute approximate surface area is 108 Å².